The van der Waals surface area contributed by atoms with Gasteiger partial charge in [-0.3, -0.25) is 0 Å². The third-order valence-corrected chi connectivity index (χ3v) is 5.05. The zero-order chi connectivity index (χ0) is 17.4. The van der Waals surface area contributed by atoms with E-state index in [1.54, 1.807) is 0 Å². The van der Waals surface area contributed by atoms with Crippen molar-refractivity contribution in [3.05, 3.63) is 65.4 Å². The average Bonchev–Trinajstić information content (AvgIpc) is 2.61. The number of anilines is 1. The van der Waals surface area contributed by atoms with Crippen molar-refractivity contribution in [3.63, 3.8) is 0 Å². The Balaban J connectivity index is 2.03. The number of aromatic nitrogens is 3. The summed E-state index contributed by atoms with van der Waals surface area (Å²) in [6.45, 7) is 0. The fourth-order valence-electron chi connectivity index (χ4n) is 2.75. The van der Waals surface area contributed by atoms with Crippen molar-refractivity contribution < 1.29 is 0 Å². The summed E-state index contributed by atoms with van der Waals surface area (Å²) in [5.74, 6) is 0.431. The number of fused-ring (bicyclic) bond motifs is 1. The summed E-state index contributed by atoms with van der Waals surface area (Å²) < 4.78 is 2.15. The van der Waals surface area contributed by atoms with Crippen LogP contribution in [-0.2, 0) is 0 Å². The fraction of sp³-hybridized carbons (Fsp3) is 0. The second-order valence-corrected chi connectivity index (χ2v) is 7.57. The Kier molecular flexibility index (Phi) is 4.28. The molecule has 0 aliphatic heterocycles. The summed E-state index contributed by atoms with van der Waals surface area (Å²) >= 11 is 6.07. The number of benzene rings is 2. The molecule has 120 valence electrons. The molecule has 0 amide bonds. The van der Waals surface area contributed by atoms with Gasteiger partial charge >= 0.3 is 162 Å². The summed E-state index contributed by atoms with van der Waals surface area (Å²) in [6, 6.07) is 18.3. The molecule has 0 saturated heterocycles. The van der Waals surface area contributed by atoms with E-state index in [-0.39, 0.29) is 0 Å². The van der Waals surface area contributed by atoms with Crippen molar-refractivity contribution >= 4 is 54.0 Å². The maximum atomic E-state index is 6.14. The molecule has 4 nitrogen and oxygen atoms in total. The van der Waals surface area contributed by atoms with E-state index in [1.165, 1.54) is 6.33 Å². The first-order valence-electron chi connectivity index (χ1n) is 7.58. The quantitative estimate of drug-likeness (QED) is 0.474. The number of nitrogen functional groups attached to an aromatic ring is 1. The molecule has 4 rings (SSSR count). The number of rotatable bonds is 2. The van der Waals surface area contributed by atoms with Crippen LogP contribution in [0, 0.1) is 0 Å². The summed E-state index contributed by atoms with van der Waals surface area (Å²) in [6.07, 6.45) is 1.45. The summed E-state index contributed by atoms with van der Waals surface area (Å²) in [4.78, 5) is 13.2. The van der Waals surface area contributed by atoms with Gasteiger partial charge in [0, 0.05) is 0 Å². The molecule has 0 spiro atoms. The summed E-state index contributed by atoms with van der Waals surface area (Å²) in [7, 11) is 0. The Morgan fingerprint density at radius 2 is 1.72 bits per heavy atom. The third kappa shape index (κ3) is 3.17. The van der Waals surface area contributed by atoms with Crippen LogP contribution < -0.4 is 10.1 Å². The Morgan fingerprint density at radius 1 is 0.920 bits per heavy atom. The van der Waals surface area contributed by atoms with Gasteiger partial charge in [0.05, 0.1) is 0 Å². The Hall–Kier alpha value is -2.23. The molecule has 4 aromatic rings. The number of halogens is 1. The zero-order valence-electron chi connectivity index (χ0n) is 13.0. The molecule has 0 fully saturated rings. The van der Waals surface area contributed by atoms with Crippen molar-refractivity contribution in [2.24, 2.45) is 0 Å². The van der Waals surface area contributed by atoms with E-state index in [1.807, 2.05) is 36.4 Å². The van der Waals surface area contributed by atoms with Gasteiger partial charge in [0.15, 0.2) is 0 Å². The zero-order valence-corrected chi connectivity index (χ0v) is 16.5. The van der Waals surface area contributed by atoms with Gasteiger partial charge in [-0.05, 0) is 0 Å². The molecule has 25 heavy (non-hydrogen) atoms. The van der Waals surface area contributed by atoms with E-state index in [9.17, 15) is 0 Å². The normalized spacial score (nSPS) is 11.0. The first-order chi connectivity index (χ1) is 12.1. The Labute approximate surface area is 162 Å². The molecule has 0 aliphatic carbocycles. The molecule has 0 saturated carbocycles. The fourth-order valence-corrected chi connectivity index (χ4v) is 3.46. The number of hydrogen-bond acceptors (Lipinski definition) is 4. The van der Waals surface area contributed by atoms with Crippen molar-refractivity contribution in [1.29, 1.82) is 0 Å². The Bertz CT molecular complexity index is 1080. The first kappa shape index (κ1) is 16.2. The van der Waals surface area contributed by atoms with Gasteiger partial charge < -0.3 is 0 Å². The van der Waals surface area contributed by atoms with Gasteiger partial charge in [-0.2, -0.15) is 0 Å². The van der Waals surface area contributed by atoms with Crippen LogP contribution in [0.15, 0.2) is 65.4 Å². The summed E-state index contributed by atoms with van der Waals surface area (Å²) in [5.41, 5.74) is 10.6. The van der Waals surface area contributed by atoms with Gasteiger partial charge in [0.1, 0.15) is 0 Å². The molecule has 0 aliphatic rings. The van der Waals surface area contributed by atoms with Crippen LogP contribution in [0.5, 0.6) is 0 Å². The van der Waals surface area contributed by atoms with Crippen LogP contribution in [0.1, 0.15) is 0 Å². The van der Waals surface area contributed by atoms with Crippen LogP contribution in [0.2, 0.25) is 0 Å². The molecule has 2 radical (unpaired) electrons. The van der Waals surface area contributed by atoms with Gasteiger partial charge in [-0.25, -0.2) is 0 Å². The van der Waals surface area contributed by atoms with Crippen LogP contribution in [0.25, 0.3) is 33.4 Å². The van der Waals surface area contributed by atoms with Crippen molar-refractivity contribution in [1.82, 2.24) is 15.0 Å². The molecule has 0 bridgehead atoms. The van der Waals surface area contributed by atoms with Gasteiger partial charge in [0.25, 0.3) is 0 Å². The van der Waals surface area contributed by atoms with E-state index < -0.39 is 0 Å². The van der Waals surface area contributed by atoms with Gasteiger partial charge in [-0.1, -0.05) is 0 Å². The van der Waals surface area contributed by atoms with E-state index in [4.69, 9.17) is 10.7 Å². The standard InChI is InChI=1S/C19H12AsBrN4/c20-13-6-4-11(5-7-13)16-9-15(12-2-1-3-14(21)8-12)17-18(22)23-10-24-19(17)25-16/h1-10H,(H2,22,23,24,25). The topological polar surface area (TPSA) is 64.7 Å². The van der Waals surface area contributed by atoms with Gasteiger partial charge in [0.2, 0.25) is 0 Å². The monoisotopic (exact) mass is 450 g/mol. The van der Waals surface area contributed by atoms with Crippen LogP contribution in [0.3, 0.4) is 0 Å². The van der Waals surface area contributed by atoms with Crippen molar-refractivity contribution in [2.75, 3.05) is 5.73 Å². The number of nitrogens with two attached hydrogens (primary N) is 1. The van der Waals surface area contributed by atoms with Crippen molar-refractivity contribution in [3.8, 4) is 22.4 Å². The molecule has 0 atom stereocenters. The van der Waals surface area contributed by atoms with E-state index in [0.717, 1.165) is 36.6 Å². The van der Waals surface area contributed by atoms with Gasteiger partial charge in [-0.15, -0.1) is 0 Å². The average molecular weight is 451 g/mol. The number of nitrogens with zero attached hydrogens (tertiary/aromatic N) is 3. The molecule has 2 heterocycles. The van der Waals surface area contributed by atoms with Crippen molar-refractivity contribution in [2.45, 2.75) is 0 Å². The second-order valence-electron chi connectivity index (χ2n) is 5.57. The van der Waals surface area contributed by atoms with E-state index >= 15 is 0 Å². The number of pyridine rings is 1. The molecule has 2 N–H and O–H groups in total. The van der Waals surface area contributed by atoms with E-state index in [0.29, 0.717) is 11.5 Å². The van der Waals surface area contributed by atoms with E-state index in [2.05, 4.69) is 60.9 Å². The molecule has 2 aromatic heterocycles. The molecule has 0 unspecified atom stereocenters. The predicted octanol–water partition coefficient (Wildman–Crippen LogP) is 3.50. The first-order valence-corrected chi connectivity index (χ1v) is 9.31. The maximum absolute atomic E-state index is 6.14. The van der Waals surface area contributed by atoms with Crippen LogP contribution in [-0.4, -0.2) is 31.8 Å². The predicted molar refractivity (Wildman–Crippen MR) is 106 cm³/mol. The third-order valence-electron chi connectivity index (χ3n) is 3.93. The SMILES string of the molecule is Nc1ncnc2nc(-c3ccc([As])cc3)cc(-c3cccc(Br)c3)c12. The van der Waals surface area contributed by atoms with Crippen LogP contribution in [0.4, 0.5) is 5.82 Å². The minimum absolute atomic E-state index is 0.431. The number of hydrogen-bond donors (Lipinski definition) is 1. The second kappa shape index (κ2) is 6.58. The molecule has 6 heteroatoms. The summed E-state index contributed by atoms with van der Waals surface area (Å²) in [5, 5.41) is 0.771. The van der Waals surface area contributed by atoms with Crippen LogP contribution >= 0.6 is 15.9 Å². The molecule has 2 aromatic carbocycles. The minimum atomic E-state index is 0.431. The molecular formula is C19H12AsBrN4. The Morgan fingerprint density at radius 3 is 2.48 bits per heavy atom. The molecular weight excluding hydrogens is 439 g/mol.